The summed E-state index contributed by atoms with van der Waals surface area (Å²) in [6.45, 7) is 4.36. The molecule has 4 atom stereocenters. The van der Waals surface area contributed by atoms with E-state index in [1.807, 2.05) is 12.1 Å². The molecular formula is C26H29F3N2O5. The van der Waals surface area contributed by atoms with Crippen LogP contribution in [-0.2, 0) is 22.1 Å². The van der Waals surface area contributed by atoms with Crippen molar-refractivity contribution < 1.29 is 37.3 Å². The lowest BCUT2D eigenvalue weighted by molar-refractivity contribution is -0.150. The number of ether oxygens (including phenoxy) is 2. The first-order chi connectivity index (χ1) is 17.2. The highest BCUT2D eigenvalue weighted by Gasteiger charge is 2.56. The van der Waals surface area contributed by atoms with E-state index < -0.39 is 23.8 Å². The van der Waals surface area contributed by atoms with Crippen molar-refractivity contribution in [1.82, 2.24) is 10.2 Å². The number of rotatable bonds is 11. The molecule has 2 unspecified atom stereocenters. The molecule has 194 valence electrons. The van der Waals surface area contributed by atoms with Gasteiger partial charge in [-0.25, -0.2) is 4.79 Å². The monoisotopic (exact) mass is 506 g/mol. The van der Waals surface area contributed by atoms with Gasteiger partial charge in [0.25, 0.3) is 5.91 Å². The predicted octanol–water partition coefficient (Wildman–Crippen LogP) is 3.48. The van der Waals surface area contributed by atoms with E-state index in [9.17, 15) is 27.9 Å². The normalized spacial score (nSPS) is 21.7. The Balaban J connectivity index is 1.15. The molecule has 1 heterocycles. The van der Waals surface area contributed by atoms with E-state index >= 15 is 0 Å². The molecule has 36 heavy (non-hydrogen) atoms. The predicted molar refractivity (Wildman–Crippen MR) is 125 cm³/mol. The van der Waals surface area contributed by atoms with Crippen LogP contribution in [0.4, 0.5) is 13.2 Å². The van der Waals surface area contributed by atoms with Crippen molar-refractivity contribution in [2.45, 2.75) is 31.7 Å². The van der Waals surface area contributed by atoms with Crippen LogP contribution in [0, 0.1) is 11.8 Å². The number of carboxylic acids is 1. The number of hydrogen-bond donors (Lipinski definition) is 2. The lowest BCUT2D eigenvalue weighted by Crippen LogP contribution is -2.36. The average molecular weight is 507 g/mol. The van der Waals surface area contributed by atoms with Crippen LogP contribution in [0.1, 0.15) is 28.4 Å². The van der Waals surface area contributed by atoms with E-state index in [2.05, 4.69) is 5.32 Å². The largest absolute Gasteiger partial charge is 0.492 e. The number of carbonyl (C=O) groups excluding carboxylic acids is 1. The average Bonchev–Trinajstić information content (AvgIpc) is 3.29. The molecular weight excluding hydrogens is 477 g/mol. The number of aliphatic carboxylic acids is 1. The molecule has 1 aliphatic heterocycles. The second-order valence-corrected chi connectivity index (χ2v) is 9.07. The molecule has 0 bridgehead atoms. The van der Waals surface area contributed by atoms with Crippen molar-refractivity contribution >= 4 is 11.9 Å². The highest BCUT2D eigenvalue weighted by Crippen LogP contribution is 2.45. The van der Waals surface area contributed by atoms with Gasteiger partial charge in [-0.05, 0) is 60.7 Å². The first-order valence-corrected chi connectivity index (χ1v) is 11.9. The van der Waals surface area contributed by atoms with Gasteiger partial charge in [0, 0.05) is 44.3 Å². The summed E-state index contributed by atoms with van der Waals surface area (Å²) in [6, 6.07) is 11.9. The van der Waals surface area contributed by atoms with Crippen LogP contribution in [0.15, 0.2) is 48.5 Å². The molecule has 1 aliphatic carbocycles. The number of fused-ring (bicyclic) bond motifs is 1. The molecule has 2 aromatic rings. The maximum Gasteiger partial charge on any atom is 0.416 e. The fourth-order valence-electron chi connectivity index (χ4n) is 4.73. The summed E-state index contributed by atoms with van der Waals surface area (Å²) in [5.41, 5.74) is 0.353. The summed E-state index contributed by atoms with van der Waals surface area (Å²) in [5.74, 6) is 0.149. The number of likely N-dealkylation sites (tertiary alicyclic amines) is 1. The minimum Gasteiger partial charge on any atom is -0.492 e. The van der Waals surface area contributed by atoms with E-state index in [-0.39, 0.29) is 17.9 Å². The number of amides is 1. The molecule has 7 nitrogen and oxygen atoms in total. The van der Waals surface area contributed by atoms with Crippen molar-refractivity contribution in [3.8, 4) is 5.75 Å². The highest BCUT2D eigenvalue weighted by atomic mass is 19.4. The Morgan fingerprint density at radius 2 is 1.72 bits per heavy atom. The van der Waals surface area contributed by atoms with Crippen molar-refractivity contribution in [3.63, 3.8) is 0 Å². The van der Waals surface area contributed by atoms with Crippen LogP contribution < -0.4 is 10.1 Å². The molecule has 0 radical (unpaired) electrons. The van der Waals surface area contributed by atoms with Gasteiger partial charge < -0.3 is 24.8 Å². The fourth-order valence-corrected chi connectivity index (χ4v) is 4.73. The number of halogens is 3. The minimum atomic E-state index is -4.42. The summed E-state index contributed by atoms with van der Waals surface area (Å²) in [6.07, 6.45) is -5.00. The molecule has 1 saturated heterocycles. The summed E-state index contributed by atoms with van der Waals surface area (Å²) in [4.78, 5) is 25.5. The Kier molecular flexibility index (Phi) is 7.85. The highest BCUT2D eigenvalue weighted by molar-refractivity contribution is 5.94. The third-order valence-corrected chi connectivity index (χ3v) is 6.68. The number of carboxylic acid groups (broad SMARTS) is 1. The zero-order valence-electron chi connectivity index (χ0n) is 19.8. The molecule has 10 heteroatoms. The molecule has 1 saturated carbocycles. The van der Waals surface area contributed by atoms with Crippen molar-refractivity contribution in [3.05, 3.63) is 65.2 Å². The maximum absolute atomic E-state index is 12.7. The lowest BCUT2D eigenvalue weighted by atomic mass is 10.1. The lowest BCUT2D eigenvalue weighted by Gasteiger charge is -2.20. The van der Waals surface area contributed by atoms with Gasteiger partial charge in [-0.2, -0.15) is 13.2 Å². The maximum atomic E-state index is 12.7. The molecule has 2 fully saturated rings. The molecule has 2 aliphatic rings. The van der Waals surface area contributed by atoms with Crippen molar-refractivity contribution in [2.24, 2.45) is 11.8 Å². The van der Waals surface area contributed by atoms with E-state index in [1.165, 1.54) is 12.1 Å². The molecule has 1 amide bonds. The number of nitrogens with zero attached hydrogens (tertiary/aromatic N) is 1. The first-order valence-electron chi connectivity index (χ1n) is 11.9. The SMILES string of the molecule is CCO[C@@H](Cc1ccc(OCCNC2C3CN(C(=O)c4ccc(C(F)(F)F)cc4)C[C@@H]32)cc1)C(=O)O. The second kappa shape index (κ2) is 10.9. The minimum absolute atomic E-state index is 0.239. The zero-order chi connectivity index (χ0) is 25.9. The van der Waals surface area contributed by atoms with Gasteiger partial charge in [0.1, 0.15) is 12.4 Å². The van der Waals surface area contributed by atoms with E-state index in [0.29, 0.717) is 56.5 Å². The molecule has 0 aromatic heterocycles. The first kappa shape index (κ1) is 26.0. The Labute approximate surface area is 207 Å². The number of nitrogens with one attached hydrogen (secondary N) is 1. The van der Waals surface area contributed by atoms with Crippen molar-refractivity contribution in [2.75, 3.05) is 32.8 Å². The number of piperidine rings is 1. The Morgan fingerprint density at radius 1 is 1.08 bits per heavy atom. The molecule has 4 rings (SSSR count). The van der Waals surface area contributed by atoms with E-state index in [0.717, 1.165) is 17.7 Å². The van der Waals surface area contributed by atoms with Gasteiger partial charge in [-0.15, -0.1) is 0 Å². The van der Waals surface area contributed by atoms with Crippen LogP contribution in [-0.4, -0.2) is 66.9 Å². The van der Waals surface area contributed by atoms with Crippen LogP contribution in [0.2, 0.25) is 0 Å². The van der Waals surface area contributed by atoms with E-state index in [4.69, 9.17) is 9.47 Å². The topological polar surface area (TPSA) is 88.1 Å². The summed E-state index contributed by atoms with van der Waals surface area (Å²) < 4.78 is 49.1. The van der Waals surface area contributed by atoms with Crippen LogP contribution in [0.5, 0.6) is 5.75 Å². The van der Waals surface area contributed by atoms with Crippen LogP contribution >= 0.6 is 0 Å². The van der Waals surface area contributed by atoms with Gasteiger partial charge >= 0.3 is 12.1 Å². The standard InChI is InChI=1S/C26H29F3N2O5/c1-2-35-22(25(33)34)13-16-3-9-19(10-4-16)36-12-11-30-23-20-14-31(15-21(20)23)24(32)17-5-7-18(8-6-17)26(27,28)29/h3-10,20-23,30H,2,11-15H2,1H3,(H,33,34)/t20-,21?,22-,23?/m0/s1. The third kappa shape index (κ3) is 6.17. The fraction of sp³-hybridized carbons (Fsp3) is 0.462. The van der Waals surface area contributed by atoms with Crippen molar-refractivity contribution in [1.29, 1.82) is 0 Å². The summed E-state index contributed by atoms with van der Waals surface area (Å²) in [7, 11) is 0. The zero-order valence-corrected chi connectivity index (χ0v) is 19.8. The number of alkyl halides is 3. The van der Waals surface area contributed by atoms with Gasteiger partial charge in [-0.1, -0.05) is 12.1 Å². The van der Waals surface area contributed by atoms with Gasteiger partial charge in [0.2, 0.25) is 0 Å². The van der Waals surface area contributed by atoms with Gasteiger partial charge in [-0.3, -0.25) is 4.79 Å². The van der Waals surface area contributed by atoms with Crippen LogP contribution in [0.25, 0.3) is 0 Å². The molecule has 0 spiro atoms. The Hall–Kier alpha value is -3.11. The summed E-state index contributed by atoms with van der Waals surface area (Å²) in [5, 5.41) is 12.6. The smallest absolute Gasteiger partial charge is 0.416 e. The second-order valence-electron chi connectivity index (χ2n) is 9.07. The quantitative estimate of drug-likeness (QED) is 0.454. The third-order valence-electron chi connectivity index (χ3n) is 6.68. The molecule has 2 N–H and O–H groups in total. The Bertz CT molecular complexity index is 1050. The number of carbonyl (C=O) groups is 2. The molecule has 2 aromatic carbocycles. The van der Waals surface area contributed by atoms with Gasteiger partial charge in [0.15, 0.2) is 6.10 Å². The van der Waals surface area contributed by atoms with E-state index in [1.54, 1.807) is 24.0 Å². The van der Waals surface area contributed by atoms with Gasteiger partial charge in [0.05, 0.1) is 5.56 Å². The summed E-state index contributed by atoms with van der Waals surface area (Å²) >= 11 is 0. The number of hydrogen-bond acceptors (Lipinski definition) is 5. The van der Waals surface area contributed by atoms with Crippen LogP contribution in [0.3, 0.4) is 0 Å². The number of benzene rings is 2. The Morgan fingerprint density at radius 3 is 2.28 bits per heavy atom.